The molecule has 0 saturated carbocycles. The average Bonchev–Trinajstić information content (AvgIpc) is 2.37. The summed E-state index contributed by atoms with van der Waals surface area (Å²) < 4.78 is 113. The average molecular weight is 374 g/mol. The molecule has 1 heterocycles. The lowest BCUT2D eigenvalue weighted by Gasteiger charge is -2.38. The summed E-state index contributed by atoms with van der Waals surface area (Å²) in [6.45, 7) is -1.44. The maximum atomic E-state index is 13.9. The lowest BCUT2D eigenvalue weighted by atomic mass is 10.2. The van der Waals surface area contributed by atoms with Gasteiger partial charge in [-0.2, -0.15) is 21.9 Å². The lowest BCUT2D eigenvalue weighted by Crippen LogP contribution is -2.64. The molecule has 1 aliphatic rings. The standard InChI is InChI=1S/C9H15F5N2O4S2/c1-7(10,21(2,17)18)8(11,12)9(13,14)22(19,20)16-5-3-15-4-6-16/h15H,2-6H2,1H3,(H,17,18). The number of hydrogen-bond acceptors (Lipinski definition) is 4. The zero-order chi connectivity index (χ0) is 17.6. The van der Waals surface area contributed by atoms with E-state index in [4.69, 9.17) is 4.55 Å². The summed E-state index contributed by atoms with van der Waals surface area (Å²) in [7, 11) is -11.3. The van der Waals surface area contributed by atoms with Gasteiger partial charge in [-0.15, -0.1) is 0 Å². The Labute approximate surface area is 124 Å². The molecule has 0 aromatic heterocycles. The van der Waals surface area contributed by atoms with Gasteiger partial charge in [-0.1, -0.05) is 0 Å². The van der Waals surface area contributed by atoms with E-state index >= 15 is 0 Å². The van der Waals surface area contributed by atoms with E-state index in [0.29, 0.717) is 0 Å². The molecule has 0 radical (unpaired) electrons. The fraction of sp³-hybridized carbons (Fsp3) is 0.889. The van der Waals surface area contributed by atoms with Crippen molar-refractivity contribution >= 4 is 25.7 Å². The van der Waals surface area contributed by atoms with Crippen molar-refractivity contribution in [3.63, 3.8) is 0 Å². The molecule has 2 unspecified atom stereocenters. The van der Waals surface area contributed by atoms with Crippen LogP contribution in [-0.2, 0) is 19.8 Å². The van der Waals surface area contributed by atoms with Crippen molar-refractivity contribution in [2.75, 3.05) is 26.2 Å². The van der Waals surface area contributed by atoms with Crippen molar-refractivity contribution in [2.24, 2.45) is 0 Å². The topological polar surface area (TPSA) is 86.7 Å². The van der Waals surface area contributed by atoms with Gasteiger partial charge < -0.3 is 9.87 Å². The summed E-state index contributed by atoms with van der Waals surface area (Å²) in [5, 5.41) is -8.06. The van der Waals surface area contributed by atoms with Crippen LogP contribution in [0.2, 0.25) is 0 Å². The van der Waals surface area contributed by atoms with Crippen LogP contribution in [-0.4, -0.2) is 69.7 Å². The van der Waals surface area contributed by atoms with Gasteiger partial charge in [-0.3, -0.25) is 0 Å². The zero-order valence-electron chi connectivity index (χ0n) is 11.4. The van der Waals surface area contributed by atoms with E-state index in [1.165, 1.54) is 0 Å². The molecular weight excluding hydrogens is 359 g/mol. The first kappa shape index (κ1) is 19.5. The molecule has 132 valence electrons. The fourth-order valence-electron chi connectivity index (χ4n) is 1.67. The largest absolute Gasteiger partial charge is 0.425 e. The number of rotatable bonds is 5. The Hall–Kier alpha value is -0.500. The highest BCUT2D eigenvalue weighted by Gasteiger charge is 2.77. The van der Waals surface area contributed by atoms with Crippen molar-refractivity contribution in [3.8, 4) is 0 Å². The molecule has 0 amide bonds. The molecule has 0 aromatic rings. The van der Waals surface area contributed by atoms with Crippen LogP contribution < -0.4 is 5.32 Å². The second kappa shape index (κ2) is 5.54. The van der Waals surface area contributed by atoms with Gasteiger partial charge in [-0.25, -0.2) is 17.0 Å². The van der Waals surface area contributed by atoms with Crippen molar-refractivity contribution in [1.82, 2.24) is 9.62 Å². The van der Waals surface area contributed by atoms with Crippen LogP contribution in [0, 0.1) is 0 Å². The first-order valence-corrected chi connectivity index (χ1v) is 8.97. The zero-order valence-corrected chi connectivity index (χ0v) is 13.0. The van der Waals surface area contributed by atoms with Gasteiger partial charge in [0.2, 0.25) is 0 Å². The second-order valence-corrected chi connectivity index (χ2v) is 8.83. The van der Waals surface area contributed by atoms with E-state index in [1.54, 1.807) is 0 Å². The van der Waals surface area contributed by atoms with Crippen LogP contribution in [0.5, 0.6) is 0 Å². The minimum absolute atomic E-state index is 0.0557. The molecule has 0 aromatic carbocycles. The van der Waals surface area contributed by atoms with Crippen molar-refractivity contribution in [2.45, 2.75) is 23.1 Å². The van der Waals surface area contributed by atoms with Gasteiger partial charge in [0.1, 0.15) is 9.80 Å². The van der Waals surface area contributed by atoms with Crippen LogP contribution in [0.25, 0.3) is 0 Å². The number of piperazine rings is 1. The molecule has 0 bridgehead atoms. The first-order chi connectivity index (χ1) is 9.61. The van der Waals surface area contributed by atoms with E-state index < -0.39 is 49.1 Å². The van der Waals surface area contributed by atoms with Crippen LogP contribution in [0.1, 0.15) is 6.92 Å². The Morgan fingerprint density at radius 1 is 1.09 bits per heavy atom. The molecule has 1 aliphatic heterocycles. The molecular formula is C9H15F5N2O4S2. The third kappa shape index (κ3) is 2.72. The number of halogens is 5. The van der Waals surface area contributed by atoms with E-state index in [-0.39, 0.29) is 24.3 Å². The second-order valence-electron chi connectivity index (χ2n) is 4.80. The number of sulfonamides is 1. The van der Waals surface area contributed by atoms with Crippen molar-refractivity contribution in [3.05, 3.63) is 0 Å². The molecule has 1 fully saturated rings. The van der Waals surface area contributed by atoms with Gasteiger partial charge in [0.15, 0.2) is 0 Å². The van der Waals surface area contributed by atoms with Crippen molar-refractivity contribution in [1.29, 1.82) is 0 Å². The fourth-order valence-corrected chi connectivity index (χ4v) is 3.77. The van der Waals surface area contributed by atoms with Crippen LogP contribution in [0.3, 0.4) is 0 Å². The van der Waals surface area contributed by atoms with E-state index in [0.717, 1.165) is 0 Å². The van der Waals surface area contributed by atoms with Gasteiger partial charge in [0, 0.05) is 26.2 Å². The normalized spacial score (nSPS) is 24.5. The number of hydrogen-bond donors (Lipinski definition) is 2. The predicted molar refractivity (Wildman–Crippen MR) is 70.7 cm³/mol. The molecule has 0 aliphatic carbocycles. The number of alkyl halides is 5. The quantitative estimate of drug-likeness (QED) is 0.535. The maximum absolute atomic E-state index is 13.9. The third-order valence-electron chi connectivity index (χ3n) is 3.27. The molecule has 13 heteroatoms. The number of nitrogens with one attached hydrogen (secondary N) is 1. The molecule has 2 atom stereocenters. The van der Waals surface area contributed by atoms with Crippen molar-refractivity contribution < 1.29 is 39.1 Å². The Balaban J connectivity index is 3.37. The summed E-state index contributed by atoms with van der Waals surface area (Å²) >= 11 is 0. The maximum Gasteiger partial charge on any atom is 0.425 e. The Morgan fingerprint density at radius 2 is 1.50 bits per heavy atom. The van der Waals surface area contributed by atoms with E-state index in [9.17, 15) is 34.6 Å². The van der Waals surface area contributed by atoms with Crippen LogP contribution in [0.4, 0.5) is 22.0 Å². The molecule has 22 heavy (non-hydrogen) atoms. The lowest BCUT2D eigenvalue weighted by molar-refractivity contribution is -0.205. The minimum atomic E-state index is -5.97. The number of nitrogens with zero attached hydrogens (tertiary/aromatic N) is 1. The Morgan fingerprint density at radius 3 is 1.86 bits per heavy atom. The van der Waals surface area contributed by atoms with E-state index in [2.05, 4.69) is 11.2 Å². The third-order valence-corrected chi connectivity index (χ3v) is 6.67. The summed E-state index contributed by atoms with van der Waals surface area (Å²) in [6.07, 6.45) is 0. The van der Waals surface area contributed by atoms with Gasteiger partial charge in [0.05, 0.1) is 0 Å². The molecule has 2 N–H and O–H groups in total. The highest BCUT2D eigenvalue weighted by Crippen LogP contribution is 2.50. The smallest absolute Gasteiger partial charge is 0.314 e. The molecule has 0 spiro atoms. The van der Waals surface area contributed by atoms with Gasteiger partial charge in [0.25, 0.3) is 15.0 Å². The van der Waals surface area contributed by atoms with E-state index in [1.807, 2.05) is 0 Å². The highest BCUT2D eigenvalue weighted by molar-refractivity contribution is 7.96. The molecule has 6 nitrogen and oxygen atoms in total. The Kier molecular flexibility index (Phi) is 4.93. The Bertz CT molecular complexity index is 626. The SMILES string of the molecule is C=S(=O)(O)C(C)(F)C(F)(F)C(F)(F)S(=O)(=O)N1CCNCC1. The van der Waals surface area contributed by atoms with Gasteiger partial charge >= 0.3 is 11.2 Å². The molecule has 1 rings (SSSR count). The summed E-state index contributed by atoms with van der Waals surface area (Å²) in [4.78, 5) is 0. The van der Waals surface area contributed by atoms with Crippen LogP contribution in [0.15, 0.2) is 0 Å². The van der Waals surface area contributed by atoms with Crippen LogP contribution >= 0.6 is 0 Å². The minimum Gasteiger partial charge on any atom is -0.314 e. The molecule has 1 saturated heterocycles. The summed E-state index contributed by atoms with van der Waals surface area (Å²) in [6, 6.07) is 0. The summed E-state index contributed by atoms with van der Waals surface area (Å²) in [5.74, 6) is -3.78. The highest BCUT2D eigenvalue weighted by atomic mass is 32.2. The van der Waals surface area contributed by atoms with Gasteiger partial charge in [-0.05, 0) is 12.8 Å². The summed E-state index contributed by atoms with van der Waals surface area (Å²) in [5.41, 5.74) is 0. The predicted octanol–water partition coefficient (Wildman–Crippen LogP) is 0.325. The first-order valence-electron chi connectivity index (χ1n) is 5.85. The monoisotopic (exact) mass is 374 g/mol.